The van der Waals surface area contributed by atoms with E-state index < -0.39 is 0 Å². The van der Waals surface area contributed by atoms with Crippen molar-refractivity contribution in [2.24, 2.45) is 5.10 Å². The van der Waals surface area contributed by atoms with Crippen molar-refractivity contribution in [1.29, 1.82) is 0 Å². The van der Waals surface area contributed by atoms with Crippen LogP contribution in [0.4, 0.5) is 0 Å². The lowest BCUT2D eigenvalue weighted by molar-refractivity contribution is -0.118. The molecule has 6 heteroatoms. The number of hydrazone groups is 1. The molecule has 0 saturated carbocycles. The maximum absolute atomic E-state index is 12.1. The third kappa shape index (κ3) is 4.62. The van der Waals surface area contributed by atoms with Crippen LogP contribution >= 0.6 is 23.4 Å². The first kappa shape index (κ1) is 18.4. The highest BCUT2D eigenvalue weighted by molar-refractivity contribution is 8.00. The highest BCUT2D eigenvalue weighted by atomic mass is 35.5. The van der Waals surface area contributed by atoms with E-state index >= 15 is 0 Å². The molecule has 0 aliphatic rings. The van der Waals surface area contributed by atoms with Gasteiger partial charge >= 0.3 is 0 Å². The summed E-state index contributed by atoms with van der Waals surface area (Å²) in [6.45, 7) is 4.01. The summed E-state index contributed by atoms with van der Waals surface area (Å²) in [6.07, 6.45) is 1.57. The number of fused-ring (bicyclic) bond motifs is 1. The number of aromatic nitrogens is 1. The van der Waals surface area contributed by atoms with E-state index in [9.17, 15) is 4.79 Å². The van der Waals surface area contributed by atoms with Crippen LogP contribution in [0.5, 0.6) is 0 Å². The standard InChI is InChI=1S/C20H18ClN3OS/c1-13-5-3-8-17-18(9-14(2)23-20(13)17)26-12-19(25)24-22-11-15-6-4-7-16(21)10-15/h3-11H,12H2,1-2H3,(H,24,25). The molecule has 1 heterocycles. The van der Waals surface area contributed by atoms with Crippen LogP contribution in [0, 0.1) is 13.8 Å². The van der Waals surface area contributed by atoms with Crippen LogP contribution in [0.25, 0.3) is 10.9 Å². The van der Waals surface area contributed by atoms with Crippen molar-refractivity contribution in [3.63, 3.8) is 0 Å². The first-order valence-electron chi connectivity index (χ1n) is 8.10. The number of hydrogen-bond acceptors (Lipinski definition) is 4. The SMILES string of the molecule is Cc1cc(SCC(=O)NN=Cc2cccc(Cl)c2)c2cccc(C)c2n1. The minimum atomic E-state index is -0.163. The van der Waals surface area contributed by atoms with Gasteiger partial charge < -0.3 is 0 Å². The van der Waals surface area contributed by atoms with Crippen molar-refractivity contribution in [3.8, 4) is 0 Å². The zero-order valence-corrected chi connectivity index (χ0v) is 16.1. The minimum absolute atomic E-state index is 0.163. The number of rotatable bonds is 5. The van der Waals surface area contributed by atoms with E-state index in [0.717, 1.165) is 32.6 Å². The van der Waals surface area contributed by atoms with Gasteiger partial charge in [0, 0.05) is 21.0 Å². The second kappa shape index (κ2) is 8.34. The largest absolute Gasteiger partial charge is 0.272 e. The van der Waals surface area contributed by atoms with Crippen molar-refractivity contribution in [2.75, 3.05) is 5.75 Å². The molecule has 2 aromatic carbocycles. The van der Waals surface area contributed by atoms with Gasteiger partial charge in [0.05, 0.1) is 17.5 Å². The molecular weight excluding hydrogens is 366 g/mol. The van der Waals surface area contributed by atoms with Gasteiger partial charge in [0.2, 0.25) is 5.91 Å². The van der Waals surface area contributed by atoms with Crippen molar-refractivity contribution >= 4 is 46.4 Å². The van der Waals surface area contributed by atoms with Crippen LogP contribution in [0.2, 0.25) is 5.02 Å². The number of nitrogens with one attached hydrogen (secondary N) is 1. The molecule has 0 aliphatic heterocycles. The maximum atomic E-state index is 12.1. The number of pyridine rings is 1. The summed E-state index contributed by atoms with van der Waals surface area (Å²) in [5.41, 5.74) is 6.42. The molecule has 3 aromatic rings. The fourth-order valence-corrected chi connectivity index (χ4v) is 3.67. The highest BCUT2D eigenvalue weighted by Gasteiger charge is 2.09. The number of thioether (sulfide) groups is 1. The molecule has 1 amide bonds. The third-order valence-electron chi connectivity index (χ3n) is 3.74. The smallest absolute Gasteiger partial charge is 0.250 e. The van der Waals surface area contributed by atoms with Crippen LogP contribution in [0.3, 0.4) is 0 Å². The molecule has 0 unspecified atom stereocenters. The first-order valence-corrected chi connectivity index (χ1v) is 9.46. The zero-order chi connectivity index (χ0) is 18.5. The van der Waals surface area contributed by atoms with E-state index in [1.54, 1.807) is 18.3 Å². The molecule has 1 aromatic heterocycles. The Balaban J connectivity index is 1.65. The summed E-state index contributed by atoms with van der Waals surface area (Å²) in [6, 6.07) is 15.4. The molecular formula is C20H18ClN3OS. The Bertz CT molecular complexity index is 988. The summed E-state index contributed by atoms with van der Waals surface area (Å²) in [5.74, 6) is 0.114. The van der Waals surface area contributed by atoms with E-state index in [1.165, 1.54) is 11.8 Å². The number of amides is 1. The number of benzene rings is 2. The number of halogens is 1. The summed E-state index contributed by atoms with van der Waals surface area (Å²) < 4.78 is 0. The summed E-state index contributed by atoms with van der Waals surface area (Å²) in [5, 5.41) is 5.68. The highest BCUT2D eigenvalue weighted by Crippen LogP contribution is 2.29. The lowest BCUT2D eigenvalue weighted by atomic mass is 10.1. The molecule has 0 atom stereocenters. The molecule has 0 aliphatic carbocycles. The van der Waals surface area contributed by atoms with E-state index in [0.29, 0.717) is 5.02 Å². The molecule has 132 valence electrons. The van der Waals surface area contributed by atoms with Crippen molar-refractivity contribution in [2.45, 2.75) is 18.7 Å². The quantitative estimate of drug-likeness (QED) is 0.393. The maximum Gasteiger partial charge on any atom is 0.250 e. The summed E-state index contributed by atoms with van der Waals surface area (Å²) in [4.78, 5) is 17.7. The molecule has 4 nitrogen and oxygen atoms in total. The number of aryl methyl sites for hydroxylation is 2. The van der Waals surface area contributed by atoms with Crippen LogP contribution in [-0.4, -0.2) is 22.9 Å². The van der Waals surface area contributed by atoms with E-state index in [-0.39, 0.29) is 11.7 Å². The lowest BCUT2D eigenvalue weighted by Crippen LogP contribution is -2.19. The van der Waals surface area contributed by atoms with Crippen molar-refractivity contribution in [1.82, 2.24) is 10.4 Å². The summed E-state index contributed by atoms with van der Waals surface area (Å²) >= 11 is 7.40. The third-order valence-corrected chi connectivity index (χ3v) is 5.03. The number of carbonyl (C=O) groups excluding carboxylic acids is 1. The molecule has 0 bridgehead atoms. The average Bonchev–Trinajstić information content (AvgIpc) is 2.60. The molecule has 26 heavy (non-hydrogen) atoms. The van der Waals surface area contributed by atoms with Gasteiger partial charge in [0.15, 0.2) is 0 Å². The van der Waals surface area contributed by atoms with Gasteiger partial charge in [0.25, 0.3) is 0 Å². The van der Waals surface area contributed by atoms with E-state index in [1.807, 2.05) is 50.2 Å². The molecule has 0 fully saturated rings. The van der Waals surface area contributed by atoms with Gasteiger partial charge in [-0.1, -0.05) is 41.9 Å². The van der Waals surface area contributed by atoms with Gasteiger partial charge in [-0.05, 0) is 43.2 Å². The lowest BCUT2D eigenvalue weighted by Gasteiger charge is -2.09. The molecule has 0 saturated heterocycles. The average molecular weight is 384 g/mol. The Kier molecular flexibility index (Phi) is 5.91. The molecule has 0 radical (unpaired) electrons. The Hall–Kier alpha value is -2.37. The summed E-state index contributed by atoms with van der Waals surface area (Å²) in [7, 11) is 0. The predicted molar refractivity (Wildman–Crippen MR) is 109 cm³/mol. The number of hydrogen-bond donors (Lipinski definition) is 1. The number of para-hydroxylation sites is 1. The topological polar surface area (TPSA) is 54.4 Å². The Morgan fingerprint density at radius 1 is 1.23 bits per heavy atom. The van der Waals surface area contributed by atoms with Gasteiger partial charge in [-0.25, -0.2) is 5.43 Å². The van der Waals surface area contributed by atoms with Gasteiger partial charge in [-0.15, -0.1) is 11.8 Å². The van der Waals surface area contributed by atoms with Crippen LogP contribution in [-0.2, 0) is 4.79 Å². The Morgan fingerprint density at radius 2 is 2.04 bits per heavy atom. The monoisotopic (exact) mass is 383 g/mol. The number of nitrogens with zero attached hydrogens (tertiary/aromatic N) is 2. The normalized spacial score (nSPS) is 11.2. The minimum Gasteiger partial charge on any atom is -0.272 e. The molecule has 1 N–H and O–H groups in total. The van der Waals surface area contributed by atoms with E-state index in [4.69, 9.17) is 11.6 Å². The fourth-order valence-electron chi connectivity index (χ4n) is 2.54. The predicted octanol–water partition coefficient (Wildman–Crippen LogP) is 4.75. The second-order valence-corrected chi connectivity index (χ2v) is 7.32. The fraction of sp³-hybridized carbons (Fsp3) is 0.150. The van der Waals surface area contributed by atoms with Crippen LogP contribution in [0.15, 0.2) is 58.5 Å². The first-order chi connectivity index (χ1) is 12.5. The van der Waals surface area contributed by atoms with Gasteiger partial charge in [-0.2, -0.15) is 5.10 Å². The second-order valence-electron chi connectivity index (χ2n) is 5.87. The Labute approximate surface area is 161 Å². The Morgan fingerprint density at radius 3 is 2.85 bits per heavy atom. The zero-order valence-electron chi connectivity index (χ0n) is 14.5. The van der Waals surface area contributed by atoms with Crippen LogP contribution in [0.1, 0.15) is 16.8 Å². The number of carbonyl (C=O) groups is 1. The van der Waals surface area contributed by atoms with Crippen molar-refractivity contribution < 1.29 is 4.79 Å². The van der Waals surface area contributed by atoms with Crippen LogP contribution < -0.4 is 5.43 Å². The molecule has 3 rings (SSSR count). The van der Waals surface area contributed by atoms with E-state index in [2.05, 4.69) is 15.5 Å². The van der Waals surface area contributed by atoms with Gasteiger partial charge in [-0.3, -0.25) is 9.78 Å². The van der Waals surface area contributed by atoms with Gasteiger partial charge in [0.1, 0.15) is 0 Å². The van der Waals surface area contributed by atoms with Crippen molar-refractivity contribution in [3.05, 3.63) is 70.4 Å². The molecule has 0 spiro atoms.